The summed E-state index contributed by atoms with van der Waals surface area (Å²) in [6.45, 7) is 6.06. The Morgan fingerprint density at radius 1 is 1.42 bits per heavy atom. The second-order valence-electron chi connectivity index (χ2n) is 7.20. The molecule has 2 aliphatic heterocycles. The van der Waals surface area contributed by atoms with Gasteiger partial charge in [0.1, 0.15) is 23.6 Å². The van der Waals surface area contributed by atoms with E-state index in [-0.39, 0.29) is 43.4 Å². The number of carbonyl (C=O) groups excluding carboxylic acids is 2. The van der Waals surface area contributed by atoms with Crippen molar-refractivity contribution < 1.29 is 23.5 Å². The molecule has 0 aliphatic carbocycles. The number of pyridine rings is 1. The van der Waals surface area contributed by atoms with Crippen molar-refractivity contribution >= 4 is 29.4 Å². The van der Waals surface area contributed by atoms with Gasteiger partial charge in [0.05, 0.1) is 6.04 Å². The SMILES string of the molecule is CC(C)(C)OC(=O)N1CCN2C(=O)c3c(N)nc(Cl)c(F)c3OCC2C1. The first-order valence-electron chi connectivity index (χ1n) is 8.14. The van der Waals surface area contributed by atoms with Crippen LogP contribution in [-0.2, 0) is 4.74 Å². The lowest BCUT2D eigenvalue weighted by Crippen LogP contribution is -2.58. The predicted molar refractivity (Wildman–Crippen MR) is 91.7 cm³/mol. The Labute approximate surface area is 155 Å². The topological polar surface area (TPSA) is 98.0 Å². The number of nitrogen functional groups attached to an aromatic ring is 1. The highest BCUT2D eigenvalue weighted by molar-refractivity contribution is 6.30. The molecule has 1 atom stereocenters. The minimum Gasteiger partial charge on any atom is -0.487 e. The highest BCUT2D eigenvalue weighted by Crippen LogP contribution is 2.35. The Kier molecular flexibility index (Phi) is 4.60. The normalized spacial score (nSPS) is 20.0. The predicted octanol–water partition coefficient (Wildman–Crippen LogP) is 1.91. The number of hydrogen-bond acceptors (Lipinski definition) is 6. The van der Waals surface area contributed by atoms with Crippen LogP contribution in [0.15, 0.2) is 0 Å². The van der Waals surface area contributed by atoms with Crippen LogP contribution >= 0.6 is 11.6 Å². The summed E-state index contributed by atoms with van der Waals surface area (Å²) < 4.78 is 25.1. The second-order valence-corrected chi connectivity index (χ2v) is 7.55. The standard InChI is InChI=1S/C16H20ClFN4O4/c1-16(2,3)26-15(24)21-4-5-22-8(6-21)7-25-11-9(14(22)23)13(19)20-12(17)10(11)18/h8H,4-7H2,1-3H3,(H2,19,20). The molecule has 0 spiro atoms. The maximum absolute atomic E-state index is 14.3. The summed E-state index contributed by atoms with van der Waals surface area (Å²) in [4.78, 5) is 31.8. The van der Waals surface area contributed by atoms with Crippen LogP contribution in [0.5, 0.6) is 5.75 Å². The molecule has 1 fully saturated rings. The highest BCUT2D eigenvalue weighted by Gasteiger charge is 2.40. The van der Waals surface area contributed by atoms with Gasteiger partial charge in [-0.25, -0.2) is 9.78 Å². The molecule has 3 rings (SSSR count). The fourth-order valence-corrected chi connectivity index (χ4v) is 3.13. The van der Waals surface area contributed by atoms with Gasteiger partial charge in [0.2, 0.25) is 5.82 Å². The molecule has 2 amide bonds. The number of carbonyl (C=O) groups is 2. The lowest BCUT2D eigenvalue weighted by atomic mass is 10.1. The molecule has 2 aliphatic rings. The van der Waals surface area contributed by atoms with E-state index in [1.807, 2.05) is 0 Å². The van der Waals surface area contributed by atoms with Crippen LogP contribution in [-0.4, -0.2) is 64.7 Å². The summed E-state index contributed by atoms with van der Waals surface area (Å²) in [5.74, 6) is -1.91. The van der Waals surface area contributed by atoms with Gasteiger partial charge in [-0.2, -0.15) is 4.39 Å². The van der Waals surface area contributed by atoms with Crippen LogP contribution in [0, 0.1) is 5.82 Å². The zero-order valence-corrected chi connectivity index (χ0v) is 15.5. The number of nitrogens with zero attached hydrogens (tertiary/aromatic N) is 3. The number of aromatic nitrogens is 1. The first kappa shape index (κ1) is 18.5. The number of anilines is 1. The average molecular weight is 387 g/mol. The first-order valence-corrected chi connectivity index (χ1v) is 8.52. The van der Waals surface area contributed by atoms with Gasteiger partial charge < -0.3 is 25.0 Å². The Morgan fingerprint density at radius 2 is 2.12 bits per heavy atom. The van der Waals surface area contributed by atoms with Crippen molar-refractivity contribution in [2.45, 2.75) is 32.4 Å². The van der Waals surface area contributed by atoms with Crippen LogP contribution in [0.1, 0.15) is 31.1 Å². The van der Waals surface area contributed by atoms with Gasteiger partial charge in [0.15, 0.2) is 10.9 Å². The maximum atomic E-state index is 14.3. The Bertz CT molecular complexity index is 768. The third kappa shape index (κ3) is 3.35. The fourth-order valence-electron chi connectivity index (χ4n) is 2.95. The Balaban J connectivity index is 1.84. The van der Waals surface area contributed by atoms with Crippen LogP contribution in [0.2, 0.25) is 5.15 Å². The molecule has 0 radical (unpaired) electrons. The monoisotopic (exact) mass is 386 g/mol. The molecule has 2 N–H and O–H groups in total. The minimum absolute atomic E-state index is 0.00522. The summed E-state index contributed by atoms with van der Waals surface area (Å²) in [6.07, 6.45) is -0.471. The third-order valence-corrected chi connectivity index (χ3v) is 4.36. The largest absolute Gasteiger partial charge is 0.487 e. The molecule has 0 aromatic carbocycles. The van der Waals surface area contributed by atoms with Gasteiger partial charge in [0, 0.05) is 19.6 Å². The highest BCUT2D eigenvalue weighted by atomic mass is 35.5. The molecule has 8 nitrogen and oxygen atoms in total. The van der Waals surface area contributed by atoms with Crippen molar-refractivity contribution in [3.05, 3.63) is 16.5 Å². The third-order valence-electron chi connectivity index (χ3n) is 4.11. The van der Waals surface area contributed by atoms with Gasteiger partial charge in [-0.05, 0) is 20.8 Å². The molecule has 1 saturated heterocycles. The van der Waals surface area contributed by atoms with E-state index < -0.39 is 34.6 Å². The molecule has 0 bridgehead atoms. The van der Waals surface area contributed by atoms with E-state index in [9.17, 15) is 14.0 Å². The van der Waals surface area contributed by atoms with E-state index in [0.29, 0.717) is 0 Å². The molecule has 26 heavy (non-hydrogen) atoms. The zero-order valence-electron chi connectivity index (χ0n) is 14.7. The van der Waals surface area contributed by atoms with Crippen molar-refractivity contribution in [1.29, 1.82) is 0 Å². The minimum atomic E-state index is -0.923. The molecule has 3 heterocycles. The van der Waals surface area contributed by atoms with Gasteiger partial charge in [0.25, 0.3) is 5.91 Å². The summed E-state index contributed by atoms with van der Waals surface area (Å²) in [5, 5.41) is -0.454. The number of fused-ring (bicyclic) bond motifs is 2. The van der Waals surface area contributed by atoms with E-state index >= 15 is 0 Å². The number of amides is 2. The van der Waals surface area contributed by atoms with Crippen LogP contribution in [0.4, 0.5) is 15.0 Å². The quantitative estimate of drug-likeness (QED) is 0.684. The molecule has 1 aromatic rings. The summed E-state index contributed by atoms with van der Waals surface area (Å²) >= 11 is 5.69. The summed E-state index contributed by atoms with van der Waals surface area (Å²) in [5.41, 5.74) is 5.00. The van der Waals surface area contributed by atoms with Crippen molar-refractivity contribution in [3.63, 3.8) is 0 Å². The number of hydrogen-bond donors (Lipinski definition) is 1. The lowest BCUT2D eigenvalue weighted by Gasteiger charge is -2.40. The lowest BCUT2D eigenvalue weighted by molar-refractivity contribution is 0.000870. The molecular formula is C16H20ClFN4O4. The number of halogens is 2. The van der Waals surface area contributed by atoms with Crippen molar-refractivity contribution in [2.24, 2.45) is 0 Å². The van der Waals surface area contributed by atoms with E-state index in [2.05, 4.69) is 4.98 Å². The smallest absolute Gasteiger partial charge is 0.410 e. The van der Waals surface area contributed by atoms with Gasteiger partial charge in [-0.15, -0.1) is 0 Å². The molecule has 142 valence electrons. The summed E-state index contributed by atoms with van der Waals surface area (Å²) in [6, 6.07) is -0.464. The van der Waals surface area contributed by atoms with Crippen LogP contribution in [0.25, 0.3) is 0 Å². The Hall–Kier alpha value is -2.29. The molecule has 10 heteroatoms. The van der Waals surface area contributed by atoms with E-state index in [1.54, 1.807) is 20.8 Å². The number of ether oxygens (including phenoxy) is 2. The van der Waals surface area contributed by atoms with Crippen molar-refractivity contribution in [2.75, 3.05) is 32.0 Å². The van der Waals surface area contributed by atoms with Crippen molar-refractivity contribution in [1.82, 2.24) is 14.8 Å². The number of piperazine rings is 1. The molecule has 1 unspecified atom stereocenters. The fraction of sp³-hybridized carbons (Fsp3) is 0.562. The summed E-state index contributed by atoms with van der Waals surface area (Å²) in [7, 11) is 0. The first-order chi connectivity index (χ1) is 12.1. The van der Waals surface area contributed by atoms with Crippen LogP contribution < -0.4 is 10.5 Å². The number of rotatable bonds is 0. The van der Waals surface area contributed by atoms with Gasteiger partial charge >= 0.3 is 6.09 Å². The second kappa shape index (κ2) is 6.46. The van der Waals surface area contributed by atoms with E-state index in [4.69, 9.17) is 26.8 Å². The van der Waals surface area contributed by atoms with Crippen LogP contribution in [0.3, 0.4) is 0 Å². The molecular weight excluding hydrogens is 367 g/mol. The van der Waals surface area contributed by atoms with Gasteiger partial charge in [-0.3, -0.25) is 4.79 Å². The zero-order chi connectivity index (χ0) is 19.2. The number of nitrogens with two attached hydrogens (primary N) is 1. The Morgan fingerprint density at radius 3 is 2.77 bits per heavy atom. The van der Waals surface area contributed by atoms with E-state index in [1.165, 1.54) is 9.80 Å². The van der Waals surface area contributed by atoms with Gasteiger partial charge in [-0.1, -0.05) is 11.6 Å². The molecule has 1 aromatic heterocycles. The maximum Gasteiger partial charge on any atom is 0.410 e. The average Bonchev–Trinajstić information content (AvgIpc) is 2.68. The van der Waals surface area contributed by atoms with E-state index in [0.717, 1.165) is 0 Å². The molecule has 0 saturated carbocycles. The van der Waals surface area contributed by atoms with Crippen molar-refractivity contribution in [3.8, 4) is 5.75 Å².